The Morgan fingerprint density at radius 1 is 0.950 bits per heavy atom. The number of benzene rings is 3. The topological polar surface area (TPSA) is 135 Å². The molecule has 0 radical (unpaired) electrons. The minimum atomic E-state index is -1.10. The minimum absolute atomic E-state index is 0.0262. The molecular formula is C29H29FN6O3S. The highest BCUT2D eigenvalue weighted by Gasteiger charge is 2.35. The van der Waals surface area contributed by atoms with Crippen LogP contribution in [0.25, 0.3) is 0 Å². The number of halogens is 1. The fraction of sp³-hybridized carbons (Fsp3) is 0.172. The molecule has 0 aliphatic heterocycles. The van der Waals surface area contributed by atoms with Gasteiger partial charge in [-0.25, -0.2) is 4.39 Å². The molecule has 40 heavy (non-hydrogen) atoms. The largest absolute Gasteiger partial charge is 0.395 e. The quantitative estimate of drug-likeness (QED) is 0.271. The van der Waals surface area contributed by atoms with E-state index in [1.165, 1.54) is 29.2 Å². The molecular weight excluding hydrogens is 531 g/mol. The summed E-state index contributed by atoms with van der Waals surface area (Å²) >= 11 is 0.729. The maximum atomic E-state index is 14.0. The predicted octanol–water partition coefficient (Wildman–Crippen LogP) is 3.73. The molecule has 5 N–H and O–H groups in total. The Morgan fingerprint density at radius 2 is 1.60 bits per heavy atom. The number of hydrogen-bond acceptors (Lipinski definition) is 7. The van der Waals surface area contributed by atoms with E-state index in [2.05, 4.69) is 9.69 Å². The van der Waals surface area contributed by atoms with Crippen LogP contribution in [0.2, 0.25) is 0 Å². The molecule has 0 aliphatic carbocycles. The molecule has 0 saturated carbocycles. The second kappa shape index (κ2) is 12.4. The van der Waals surface area contributed by atoms with Crippen molar-refractivity contribution in [3.05, 3.63) is 112 Å². The highest BCUT2D eigenvalue weighted by molar-refractivity contribution is 7.09. The molecule has 206 valence electrons. The molecule has 0 fully saturated rings. The van der Waals surface area contributed by atoms with E-state index in [0.717, 1.165) is 22.8 Å². The van der Waals surface area contributed by atoms with Crippen LogP contribution in [0.3, 0.4) is 0 Å². The first-order valence-corrected chi connectivity index (χ1v) is 13.1. The number of rotatable bonds is 10. The maximum Gasteiger partial charge on any atom is 0.270 e. The van der Waals surface area contributed by atoms with Gasteiger partial charge in [-0.15, -0.1) is 0 Å². The van der Waals surface area contributed by atoms with Crippen molar-refractivity contribution in [2.75, 3.05) is 24.7 Å². The van der Waals surface area contributed by atoms with Gasteiger partial charge in [0.25, 0.3) is 11.8 Å². The first kappa shape index (κ1) is 28.2. The smallest absolute Gasteiger partial charge is 0.270 e. The second-order valence-corrected chi connectivity index (χ2v) is 10.1. The zero-order valence-corrected chi connectivity index (χ0v) is 22.8. The summed E-state index contributed by atoms with van der Waals surface area (Å²) in [7, 11) is 3.79. The van der Waals surface area contributed by atoms with Gasteiger partial charge in [0.1, 0.15) is 16.7 Å². The van der Waals surface area contributed by atoms with Gasteiger partial charge >= 0.3 is 0 Å². The summed E-state index contributed by atoms with van der Waals surface area (Å²) in [4.78, 5) is 42.9. The van der Waals surface area contributed by atoms with Gasteiger partial charge in [-0.2, -0.15) is 4.37 Å². The summed E-state index contributed by atoms with van der Waals surface area (Å²) in [6.07, 6.45) is 0. The average Bonchev–Trinajstić information content (AvgIpc) is 3.34. The van der Waals surface area contributed by atoms with Gasteiger partial charge in [0, 0.05) is 32.9 Å². The normalized spacial score (nSPS) is 11.5. The van der Waals surface area contributed by atoms with Gasteiger partial charge in [-0.05, 0) is 52.5 Å². The molecule has 11 heteroatoms. The van der Waals surface area contributed by atoms with E-state index in [4.69, 9.17) is 11.5 Å². The van der Waals surface area contributed by atoms with E-state index < -0.39 is 29.6 Å². The number of hydrogen-bond donors (Lipinski definition) is 3. The van der Waals surface area contributed by atoms with Crippen molar-refractivity contribution in [3.63, 3.8) is 0 Å². The van der Waals surface area contributed by atoms with Gasteiger partial charge in [-0.3, -0.25) is 14.4 Å². The molecule has 4 rings (SSSR count). The number of nitrogen functional groups attached to an aromatic ring is 1. The van der Waals surface area contributed by atoms with E-state index >= 15 is 0 Å². The summed E-state index contributed by atoms with van der Waals surface area (Å²) in [5.74, 6) is -2.36. The van der Waals surface area contributed by atoms with Gasteiger partial charge in [-0.1, -0.05) is 54.6 Å². The summed E-state index contributed by atoms with van der Waals surface area (Å²) < 4.78 is 17.6. The molecule has 3 amide bonds. The Kier molecular flexibility index (Phi) is 8.75. The lowest BCUT2D eigenvalue weighted by molar-refractivity contribution is -0.126. The number of nitrogens with one attached hydrogen (secondary N) is 1. The zero-order valence-electron chi connectivity index (χ0n) is 22.0. The van der Waals surface area contributed by atoms with E-state index in [0.29, 0.717) is 11.1 Å². The third kappa shape index (κ3) is 6.44. The molecule has 1 heterocycles. The van der Waals surface area contributed by atoms with E-state index in [1.807, 2.05) is 61.5 Å². The second-order valence-electron chi connectivity index (χ2n) is 9.29. The summed E-state index contributed by atoms with van der Waals surface area (Å²) in [5.41, 5.74) is 14.0. The Morgan fingerprint density at radius 3 is 2.17 bits per heavy atom. The highest BCUT2D eigenvalue weighted by atomic mass is 32.1. The fourth-order valence-electron chi connectivity index (χ4n) is 4.14. The summed E-state index contributed by atoms with van der Waals surface area (Å²) in [5, 5.41) is 2.93. The average molecular weight is 561 g/mol. The van der Waals surface area contributed by atoms with Gasteiger partial charge in [0.05, 0.1) is 5.69 Å². The fourth-order valence-corrected chi connectivity index (χ4v) is 4.90. The zero-order chi connectivity index (χ0) is 28.8. The van der Waals surface area contributed by atoms with E-state index in [1.54, 1.807) is 12.1 Å². The first-order valence-electron chi connectivity index (χ1n) is 12.3. The monoisotopic (exact) mass is 560 g/mol. The molecule has 1 atom stereocenters. The molecule has 0 saturated heterocycles. The Balaban J connectivity index is 1.79. The van der Waals surface area contributed by atoms with Crippen LogP contribution >= 0.6 is 11.5 Å². The summed E-state index contributed by atoms with van der Waals surface area (Å²) in [6.45, 7) is 0.181. The first-order chi connectivity index (χ1) is 19.2. The molecule has 0 bridgehead atoms. The SMILES string of the molecule is CN(C)c1ccc(C(C(=O)NCc2ccccc2)N(Cc2ccc(F)cc2)C(=O)c2snc(C(N)=O)c2N)cc1. The number of anilines is 2. The van der Waals surface area contributed by atoms with Crippen LogP contribution in [-0.4, -0.2) is 41.1 Å². The third-order valence-corrected chi connectivity index (χ3v) is 7.13. The molecule has 4 aromatic rings. The molecule has 3 aromatic carbocycles. The Labute approximate surface area is 235 Å². The minimum Gasteiger partial charge on any atom is -0.395 e. The van der Waals surface area contributed by atoms with Crippen molar-refractivity contribution >= 4 is 40.6 Å². The number of carbonyl (C=O) groups is 3. The number of amides is 3. The Hall–Kier alpha value is -4.77. The van der Waals surface area contributed by atoms with Crippen LogP contribution in [0.4, 0.5) is 15.8 Å². The van der Waals surface area contributed by atoms with Crippen molar-refractivity contribution in [1.29, 1.82) is 0 Å². The van der Waals surface area contributed by atoms with Crippen LogP contribution in [-0.2, 0) is 17.9 Å². The van der Waals surface area contributed by atoms with Gasteiger partial charge < -0.3 is 26.6 Å². The van der Waals surface area contributed by atoms with E-state index in [9.17, 15) is 18.8 Å². The molecule has 0 spiro atoms. The number of nitrogens with two attached hydrogens (primary N) is 2. The van der Waals surface area contributed by atoms with Crippen molar-refractivity contribution < 1.29 is 18.8 Å². The van der Waals surface area contributed by atoms with Gasteiger partial charge in [0.15, 0.2) is 5.69 Å². The van der Waals surface area contributed by atoms with Crippen molar-refractivity contribution in [2.24, 2.45) is 5.73 Å². The third-order valence-electron chi connectivity index (χ3n) is 6.28. The molecule has 0 aliphatic rings. The van der Waals surface area contributed by atoms with Crippen LogP contribution in [0, 0.1) is 5.82 Å². The number of carbonyl (C=O) groups excluding carboxylic acids is 3. The van der Waals surface area contributed by atoms with Crippen LogP contribution < -0.4 is 21.7 Å². The van der Waals surface area contributed by atoms with Crippen molar-refractivity contribution in [1.82, 2.24) is 14.6 Å². The van der Waals surface area contributed by atoms with Crippen LogP contribution in [0.15, 0.2) is 78.9 Å². The number of aromatic nitrogens is 1. The van der Waals surface area contributed by atoms with Crippen LogP contribution in [0.1, 0.15) is 42.9 Å². The Bertz CT molecular complexity index is 1490. The maximum absolute atomic E-state index is 14.0. The van der Waals surface area contributed by atoms with Gasteiger partial charge in [0.2, 0.25) is 5.91 Å². The highest BCUT2D eigenvalue weighted by Crippen LogP contribution is 2.31. The lowest BCUT2D eigenvalue weighted by Gasteiger charge is -2.31. The summed E-state index contributed by atoms with van der Waals surface area (Å²) in [6, 6.07) is 21.1. The number of primary amides is 1. The van der Waals surface area contributed by atoms with E-state index in [-0.39, 0.29) is 29.3 Å². The van der Waals surface area contributed by atoms with Crippen molar-refractivity contribution in [2.45, 2.75) is 19.1 Å². The standard InChI is InChI=1S/C29H29FN6O3S/c1-35(2)22-14-10-20(11-15-22)25(28(38)33-16-18-6-4-3-5-7-18)36(17-19-8-12-21(30)13-9-19)29(39)26-23(31)24(27(32)37)34-40-26/h3-15,25H,16-17,31H2,1-2H3,(H2,32,37)(H,33,38). The molecule has 9 nitrogen and oxygen atoms in total. The molecule has 1 aromatic heterocycles. The predicted molar refractivity (Wildman–Crippen MR) is 153 cm³/mol. The lowest BCUT2D eigenvalue weighted by atomic mass is 10.0. The van der Waals surface area contributed by atoms with Crippen LogP contribution in [0.5, 0.6) is 0 Å². The lowest BCUT2D eigenvalue weighted by Crippen LogP contribution is -2.43. The molecule has 1 unspecified atom stereocenters. The number of nitrogens with zero attached hydrogens (tertiary/aromatic N) is 3. The van der Waals surface area contributed by atoms with Crippen molar-refractivity contribution in [3.8, 4) is 0 Å².